The molecule has 1 aromatic rings. The number of carbonyl (C=O) groups excluding carboxylic acids is 3. The zero-order valence-corrected chi connectivity index (χ0v) is 23.0. The third kappa shape index (κ3) is 4.55. The topological polar surface area (TPSA) is 99.6 Å². The van der Waals surface area contributed by atoms with E-state index >= 15 is 0 Å². The van der Waals surface area contributed by atoms with Gasteiger partial charge in [0.25, 0.3) is 0 Å². The number of hydrogen-bond acceptors (Lipinski definition) is 6. The molecule has 1 unspecified atom stereocenters. The highest BCUT2D eigenvalue weighted by atomic mass is 16.5. The van der Waals surface area contributed by atoms with Crippen LogP contribution in [0.4, 0.5) is 5.69 Å². The number of anilines is 1. The number of carbonyl (C=O) groups is 3. The summed E-state index contributed by atoms with van der Waals surface area (Å²) in [6.07, 6.45) is 9.76. The van der Waals surface area contributed by atoms with Crippen LogP contribution < -0.4 is 9.64 Å². The smallest absolute Gasteiger partial charge is 0.249 e. The fourth-order valence-corrected chi connectivity index (χ4v) is 6.56. The fourth-order valence-electron chi connectivity index (χ4n) is 6.56. The van der Waals surface area contributed by atoms with Crippen molar-refractivity contribution in [1.82, 2.24) is 9.80 Å². The van der Waals surface area contributed by atoms with E-state index in [1.807, 2.05) is 55.5 Å². The van der Waals surface area contributed by atoms with Crippen molar-refractivity contribution in [3.8, 4) is 5.75 Å². The summed E-state index contributed by atoms with van der Waals surface area (Å²) in [6, 6.07) is 5.79. The first-order chi connectivity index (χ1) is 18.9. The molecule has 0 aromatic heterocycles. The van der Waals surface area contributed by atoms with Gasteiger partial charge in [0.1, 0.15) is 17.4 Å². The molecule has 2 saturated heterocycles. The van der Waals surface area contributed by atoms with E-state index in [-0.39, 0.29) is 24.3 Å². The molecule has 4 aliphatic rings. The van der Waals surface area contributed by atoms with Gasteiger partial charge in [-0.15, -0.1) is 0 Å². The Hall–Kier alpha value is -3.17. The first kappa shape index (κ1) is 27.4. The highest BCUT2D eigenvalue weighted by molar-refractivity contribution is 6.04. The second-order valence-corrected chi connectivity index (χ2v) is 10.8. The van der Waals surface area contributed by atoms with E-state index in [9.17, 15) is 19.5 Å². The lowest BCUT2D eigenvalue weighted by molar-refractivity contribution is -0.149. The van der Waals surface area contributed by atoms with Crippen LogP contribution in [0.3, 0.4) is 0 Å². The molecular weight excluding hydrogens is 498 g/mol. The fraction of sp³-hybridized carbons (Fsp3) is 0.567. The number of nitrogens with zero attached hydrogens (tertiary/aromatic N) is 3. The van der Waals surface area contributed by atoms with Crippen molar-refractivity contribution in [1.29, 1.82) is 0 Å². The minimum absolute atomic E-state index is 0.191. The van der Waals surface area contributed by atoms with Crippen LogP contribution in [0.15, 0.2) is 48.6 Å². The minimum atomic E-state index is -1.28. The Balaban J connectivity index is 1.52. The van der Waals surface area contributed by atoms with Crippen molar-refractivity contribution in [2.75, 3.05) is 37.7 Å². The number of unbranched alkanes of at least 4 members (excludes halogenated alkanes) is 2. The van der Waals surface area contributed by atoms with Gasteiger partial charge in [0.05, 0.1) is 37.2 Å². The molecule has 0 radical (unpaired) electrons. The number of amides is 3. The maximum atomic E-state index is 14.2. The molecule has 6 atom stereocenters. The van der Waals surface area contributed by atoms with Crippen molar-refractivity contribution >= 4 is 23.4 Å². The maximum Gasteiger partial charge on any atom is 0.249 e. The van der Waals surface area contributed by atoms with Crippen molar-refractivity contribution < 1.29 is 29.0 Å². The molecule has 4 aliphatic heterocycles. The van der Waals surface area contributed by atoms with Gasteiger partial charge in [-0.05, 0) is 44.5 Å². The molecule has 4 heterocycles. The van der Waals surface area contributed by atoms with Crippen LogP contribution in [0.1, 0.15) is 40.0 Å². The Morgan fingerprint density at radius 1 is 1.05 bits per heavy atom. The number of ether oxygens (including phenoxy) is 2. The molecule has 5 rings (SSSR count). The van der Waals surface area contributed by atoms with Crippen molar-refractivity contribution in [2.45, 2.75) is 63.8 Å². The number of hydrogen-bond donors (Lipinski definition) is 1. The van der Waals surface area contributed by atoms with E-state index in [0.29, 0.717) is 37.7 Å². The number of benzene rings is 1. The van der Waals surface area contributed by atoms with Crippen LogP contribution in [0.25, 0.3) is 0 Å². The summed E-state index contributed by atoms with van der Waals surface area (Å²) in [5.74, 6) is -1.69. The van der Waals surface area contributed by atoms with Gasteiger partial charge >= 0.3 is 0 Å². The monoisotopic (exact) mass is 537 g/mol. The molecule has 0 saturated carbocycles. The summed E-state index contributed by atoms with van der Waals surface area (Å²) in [5.41, 5.74) is -0.583. The molecule has 9 nitrogen and oxygen atoms in total. The highest BCUT2D eigenvalue weighted by Crippen LogP contribution is 2.54. The Morgan fingerprint density at radius 2 is 1.82 bits per heavy atom. The van der Waals surface area contributed by atoms with E-state index in [1.54, 1.807) is 16.7 Å². The number of likely N-dealkylation sites (tertiary alicyclic amines) is 1. The Kier molecular flexibility index (Phi) is 7.82. The molecular formula is C30H39N3O6. The Labute approximate surface area is 230 Å². The molecule has 2 fully saturated rings. The van der Waals surface area contributed by atoms with Gasteiger partial charge in [-0.25, -0.2) is 0 Å². The van der Waals surface area contributed by atoms with Gasteiger partial charge in [0, 0.05) is 25.3 Å². The Morgan fingerprint density at radius 3 is 2.51 bits per heavy atom. The Bertz CT molecular complexity index is 1150. The molecule has 210 valence electrons. The molecule has 39 heavy (non-hydrogen) atoms. The summed E-state index contributed by atoms with van der Waals surface area (Å²) in [5, 5.41) is 10.1. The molecule has 1 aromatic carbocycles. The van der Waals surface area contributed by atoms with Crippen LogP contribution >= 0.6 is 0 Å². The third-order valence-corrected chi connectivity index (χ3v) is 8.41. The summed E-state index contributed by atoms with van der Waals surface area (Å²) in [7, 11) is 0. The first-order valence-electron chi connectivity index (χ1n) is 14.2. The lowest BCUT2D eigenvalue weighted by Crippen LogP contribution is -2.57. The highest BCUT2D eigenvalue weighted by Gasteiger charge is 2.72. The van der Waals surface area contributed by atoms with Crippen LogP contribution in [-0.2, 0) is 19.1 Å². The van der Waals surface area contributed by atoms with Crippen LogP contribution in [0.5, 0.6) is 5.75 Å². The summed E-state index contributed by atoms with van der Waals surface area (Å²) >= 11 is 0. The predicted molar refractivity (Wildman–Crippen MR) is 146 cm³/mol. The average Bonchev–Trinajstić information content (AvgIpc) is 3.26. The number of rotatable bonds is 9. The van der Waals surface area contributed by atoms with E-state index in [1.165, 1.54) is 4.90 Å². The largest absolute Gasteiger partial charge is 0.494 e. The SMILES string of the molecule is CCCCCN1CC=C[C@]23O[C@@H]4C=CCN(c5ccc(OCC)cc5)C(=O)[C@@H]4[C@H]2C(=O)N([C@H](C)CO)C3C1=O. The average molecular weight is 538 g/mol. The van der Waals surface area contributed by atoms with E-state index < -0.39 is 35.6 Å². The molecule has 0 bridgehead atoms. The maximum absolute atomic E-state index is 14.2. The van der Waals surface area contributed by atoms with Crippen LogP contribution in [-0.4, -0.2) is 89.3 Å². The van der Waals surface area contributed by atoms with Gasteiger partial charge in [-0.3, -0.25) is 14.4 Å². The number of aliphatic hydroxyl groups excluding tert-OH is 1. The van der Waals surface area contributed by atoms with E-state index in [2.05, 4.69) is 6.92 Å². The summed E-state index contributed by atoms with van der Waals surface area (Å²) in [6.45, 7) is 7.36. The second kappa shape index (κ2) is 11.1. The zero-order chi connectivity index (χ0) is 27.7. The molecule has 1 spiro atoms. The van der Waals surface area contributed by atoms with Gasteiger partial charge in [-0.2, -0.15) is 0 Å². The van der Waals surface area contributed by atoms with Crippen molar-refractivity contribution in [2.24, 2.45) is 11.8 Å². The first-order valence-corrected chi connectivity index (χ1v) is 14.2. The molecule has 1 N–H and O–H groups in total. The van der Waals surface area contributed by atoms with E-state index in [0.717, 1.165) is 19.3 Å². The predicted octanol–water partition coefficient (Wildman–Crippen LogP) is 2.54. The number of aliphatic hydroxyl groups is 1. The minimum Gasteiger partial charge on any atom is -0.494 e. The van der Waals surface area contributed by atoms with Crippen LogP contribution in [0, 0.1) is 11.8 Å². The second-order valence-electron chi connectivity index (χ2n) is 10.8. The normalized spacial score (nSPS) is 30.7. The van der Waals surface area contributed by atoms with Gasteiger partial charge in [0.15, 0.2) is 0 Å². The molecule has 0 aliphatic carbocycles. The molecule has 3 amide bonds. The van der Waals surface area contributed by atoms with Crippen LogP contribution in [0.2, 0.25) is 0 Å². The lowest BCUT2D eigenvalue weighted by atomic mass is 9.77. The summed E-state index contributed by atoms with van der Waals surface area (Å²) in [4.78, 5) is 47.3. The van der Waals surface area contributed by atoms with Gasteiger partial charge < -0.3 is 29.3 Å². The van der Waals surface area contributed by atoms with Gasteiger partial charge in [0.2, 0.25) is 17.7 Å². The van der Waals surface area contributed by atoms with Gasteiger partial charge in [-0.1, -0.05) is 44.1 Å². The van der Waals surface area contributed by atoms with Crippen molar-refractivity contribution in [3.63, 3.8) is 0 Å². The van der Waals surface area contributed by atoms with E-state index in [4.69, 9.17) is 9.47 Å². The lowest BCUT2D eigenvalue weighted by Gasteiger charge is -2.37. The van der Waals surface area contributed by atoms with Crippen molar-refractivity contribution in [3.05, 3.63) is 48.6 Å². The zero-order valence-electron chi connectivity index (χ0n) is 23.0. The number of fused-ring (bicyclic) bond motifs is 2. The standard InChI is InChI=1S/C30H39N3O6/c1-4-6-7-16-31-17-9-15-30-25(28(36)33(20(3)19-34)26(30)29(31)37)24-23(39-30)10-8-18-32(27(24)35)21-11-13-22(14-12-21)38-5-2/h8-15,20,23-26,34H,4-7,16-19H2,1-3H3/t20-,23-,24+,25+,26?,30+/m1/s1. The third-order valence-electron chi connectivity index (χ3n) is 8.41. The summed E-state index contributed by atoms with van der Waals surface area (Å²) < 4.78 is 12.2. The quantitative estimate of drug-likeness (QED) is 0.384. The molecule has 9 heteroatoms.